The van der Waals surface area contributed by atoms with Crippen molar-refractivity contribution in [1.29, 1.82) is 0 Å². The molecule has 3 aromatic carbocycles. The van der Waals surface area contributed by atoms with Gasteiger partial charge in [-0.1, -0.05) is 66.7 Å². The SMILES string of the molecule is c1ccc(-c2ncc(-n3c4ccccc4c4cc5c6ncccc6n(-c6ccccc6)c5nc43)cn2)cc1. The lowest BCUT2D eigenvalue weighted by Gasteiger charge is -2.09. The largest absolute Gasteiger partial charge is 0.292 e. The first-order chi connectivity index (χ1) is 18.9. The second-order valence-corrected chi connectivity index (χ2v) is 9.26. The van der Waals surface area contributed by atoms with Crippen molar-refractivity contribution in [2.45, 2.75) is 0 Å². The minimum atomic E-state index is 0.695. The quantitative estimate of drug-likeness (QED) is 0.265. The molecule has 0 aliphatic heterocycles. The summed E-state index contributed by atoms with van der Waals surface area (Å²) in [6, 6.07) is 35.0. The van der Waals surface area contributed by atoms with Crippen LogP contribution in [0, 0.1) is 0 Å². The maximum Gasteiger partial charge on any atom is 0.159 e. The highest BCUT2D eigenvalue weighted by Gasteiger charge is 2.20. The third kappa shape index (κ3) is 3.01. The Labute approximate surface area is 217 Å². The fourth-order valence-corrected chi connectivity index (χ4v) is 5.39. The third-order valence-electron chi connectivity index (χ3n) is 7.07. The van der Waals surface area contributed by atoms with Crippen molar-refractivity contribution in [1.82, 2.24) is 29.1 Å². The molecule has 5 aromatic heterocycles. The normalized spacial score (nSPS) is 11.7. The number of rotatable bonds is 3. The molecule has 8 rings (SSSR count). The molecule has 8 aromatic rings. The molecular formula is C32H20N6. The maximum atomic E-state index is 5.32. The standard InChI is InChI=1S/C32H20N6/c1-3-10-21(11-4-1)30-34-19-23(20-35-30)38-27-15-8-7-14-24(27)25-18-26-29-28(16-9-17-33-29)37(32(26)36-31(25)38)22-12-5-2-6-13-22/h1-20H. The van der Waals surface area contributed by atoms with Crippen LogP contribution in [0.3, 0.4) is 0 Å². The first-order valence-corrected chi connectivity index (χ1v) is 12.5. The van der Waals surface area contributed by atoms with E-state index in [9.17, 15) is 0 Å². The topological polar surface area (TPSA) is 61.4 Å². The Morgan fingerprint density at radius 3 is 1.97 bits per heavy atom. The molecule has 0 aliphatic carbocycles. The van der Waals surface area contributed by atoms with Gasteiger partial charge in [0.2, 0.25) is 0 Å². The lowest BCUT2D eigenvalue weighted by molar-refractivity contribution is 1.06. The van der Waals surface area contributed by atoms with E-state index in [4.69, 9.17) is 19.9 Å². The number of hydrogen-bond acceptors (Lipinski definition) is 4. The summed E-state index contributed by atoms with van der Waals surface area (Å²) < 4.78 is 4.34. The van der Waals surface area contributed by atoms with Gasteiger partial charge in [-0.05, 0) is 36.4 Å². The van der Waals surface area contributed by atoms with Crippen LogP contribution in [0.15, 0.2) is 122 Å². The van der Waals surface area contributed by atoms with E-state index in [2.05, 4.69) is 57.7 Å². The van der Waals surface area contributed by atoms with E-state index in [0.717, 1.165) is 60.9 Å². The summed E-state index contributed by atoms with van der Waals surface area (Å²) in [6.45, 7) is 0. The molecule has 5 heterocycles. The summed E-state index contributed by atoms with van der Waals surface area (Å²) in [6.07, 6.45) is 5.60. The Morgan fingerprint density at radius 1 is 0.500 bits per heavy atom. The number of fused-ring (bicyclic) bond motifs is 6. The molecule has 178 valence electrons. The molecule has 0 saturated heterocycles. The molecule has 0 aliphatic rings. The molecule has 0 saturated carbocycles. The van der Waals surface area contributed by atoms with E-state index < -0.39 is 0 Å². The molecule has 0 fully saturated rings. The monoisotopic (exact) mass is 488 g/mol. The molecule has 0 amide bonds. The first-order valence-electron chi connectivity index (χ1n) is 12.5. The Balaban J connectivity index is 1.45. The van der Waals surface area contributed by atoms with Crippen molar-refractivity contribution in [3.8, 4) is 22.8 Å². The third-order valence-corrected chi connectivity index (χ3v) is 7.07. The first kappa shape index (κ1) is 20.8. The van der Waals surface area contributed by atoms with Crippen molar-refractivity contribution in [2.24, 2.45) is 0 Å². The summed E-state index contributed by atoms with van der Waals surface area (Å²) in [7, 11) is 0. The van der Waals surface area contributed by atoms with Gasteiger partial charge < -0.3 is 0 Å². The van der Waals surface area contributed by atoms with Crippen LogP contribution in [0.1, 0.15) is 0 Å². The zero-order valence-electron chi connectivity index (χ0n) is 20.2. The van der Waals surface area contributed by atoms with Gasteiger partial charge in [-0.2, -0.15) is 0 Å². The smallest absolute Gasteiger partial charge is 0.159 e. The lowest BCUT2D eigenvalue weighted by atomic mass is 10.1. The van der Waals surface area contributed by atoms with Crippen LogP contribution in [-0.4, -0.2) is 29.1 Å². The number of nitrogens with zero attached hydrogens (tertiary/aromatic N) is 6. The van der Waals surface area contributed by atoms with Gasteiger partial charge in [0, 0.05) is 33.6 Å². The second kappa shape index (κ2) is 8.08. The van der Waals surface area contributed by atoms with Gasteiger partial charge in [-0.25, -0.2) is 15.0 Å². The van der Waals surface area contributed by atoms with E-state index in [1.807, 2.05) is 73.2 Å². The summed E-state index contributed by atoms with van der Waals surface area (Å²) >= 11 is 0. The molecule has 0 unspecified atom stereocenters. The fraction of sp³-hybridized carbons (Fsp3) is 0. The molecule has 0 spiro atoms. The van der Waals surface area contributed by atoms with Gasteiger partial charge in [0.05, 0.1) is 34.6 Å². The second-order valence-electron chi connectivity index (χ2n) is 9.26. The van der Waals surface area contributed by atoms with Gasteiger partial charge in [0.25, 0.3) is 0 Å². The highest BCUT2D eigenvalue weighted by Crippen LogP contribution is 2.36. The Kier molecular flexibility index (Phi) is 4.42. The number of para-hydroxylation sites is 2. The van der Waals surface area contributed by atoms with E-state index in [1.165, 1.54) is 0 Å². The van der Waals surface area contributed by atoms with Gasteiger partial charge in [-0.15, -0.1) is 0 Å². The minimum Gasteiger partial charge on any atom is -0.292 e. The fourth-order valence-electron chi connectivity index (χ4n) is 5.39. The van der Waals surface area contributed by atoms with Crippen LogP contribution in [-0.2, 0) is 0 Å². The highest BCUT2D eigenvalue weighted by atomic mass is 15.1. The predicted octanol–water partition coefficient (Wildman–Crippen LogP) is 7.13. The zero-order valence-corrected chi connectivity index (χ0v) is 20.2. The van der Waals surface area contributed by atoms with Crippen LogP contribution < -0.4 is 0 Å². The van der Waals surface area contributed by atoms with Crippen molar-refractivity contribution >= 4 is 44.0 Å². The average Bonchev–Trinajstić information content (AvgIpc) is 3.49. The van der Waals surface area contributed by atoms with E-state index in [-0.39, 0.29) is 0 Å². The highest BCUT2D eigenvalue weighted by molar-refractivity contribution is 6.15. The molecule has 0 N–H and O–H groups in total. The Hall–Kier alpha value is -5.36. The molecule has 6 heteroatoms. The molecule has 0 bridgehead atoms. The summed E-state index contributed by atoms with van der Waals surface area (Å²) in [5.74, 6) is 0.695. The van der Waals surface area contributed by atoms with Crippen molar-refractivity contribution in [3.05, 3.63) is 122 Å². The van der Waals surface area contributed by atoms with Crippen LogP contribution in [0.2, 0.25) is 0 Å². The van der Waals surface area contributed by atoms with Crippen molar-refractivity contribution in [3.63, 3.8) is 0 Å². The summed E-state index contributed by atoms with van der Waals surface area (Å²) in [5.41, 5.74) is 7.64. The minimum absolute atomic E-state index is 0.695. The van der Waals surface area contributed by atoms with Crippen LogP contribution in [0.4, 0.5) is 0 Å². The molecule has 0 radical (unpaired) electrons. The van der Waals surface area contributed by atoms with Gasteiger partial charge in [-0.3, -0.25) is 14.1 Å². The van der Waals surface area contributed by atoms with Gasteiger partial charge >= 0.3 is 0 Å². The van der Waals surface area contributed by atoms with Crippen LogP contribution >= 0.6 is 0 Å². The lowest BCUT2D eigenvalue weighted by Crippen LogP contribution is -2.00. The van der Waals surface area contributed by atoms with E-state index >= 15 is 0 Å². The number of pyridine rings is 2. The molecular weight excluding hydrogens is 468 g/mol. The van der Waals surface area contributed by atoms with Crippen molar-refractivity contribution < 1.29 is 0 Å². The molecule has 0 atom stereocenters. The van der Waals surface area contributed by atoms with Crippen LogP contribution in [0.25, 0.3) is 66.8 Å². The summed E-state index contributed by atoms with van der Waals surface area (Å²) in [5, 5.41) is 3.22. The van der Waals surface area contributed by atoms with Gasteiger partial charge in [0.15, 0.2) is 5.82 Å². The van der Waals surface area contributed by atoms with E-state index in [1.54, 1.807) is 0 Å². The average molecular weight is 489 g/mol. The molecule has 6 nitrogen and oxygen atoms in total. The number of benzene rings is 3. The van der Waals surface area contributed by atoms with Crippen molar-refractivity contribution in [2.75, 3.05) is 0 Å². The zero-order chi connectivity index (χ0) is 25.1. The predicted molar refractivity (Wildman–Crippen MR) is 152 cm³/mol. The number of hydrogen-bond donors (Lipinski definition) is 0. The molecule has 38 heavy (non-hydrogen) atoms. The Bertz CT molecular complexity index is 2110. The van der Waals surface area contributed by atoms with Crippen LogP contribution in [0.5, 0.6) is 0 Å². The van der Waals surface area contributed by atoms with Gasteiger partial charge in [0.1, 0.15) is 11.3 Å². The number of aromatic nitrogens is 6. The maximum absolute atomic E-state index is 5.32. The Morgan fingerprint density at radius 2 is 1.16 bits per heavy atom. The summed E-state index contributed by atoms with van der Waals surface area (Å²) in [4.78, 5) is 19.5. The van der Waals surface area contributed by atoms with E-state index in [0.29, 0.717) is 5.82 Å².